The molecule has 0 radical (unpaired) electrons. The fourth-order valence-electron chi connectivity index (χ4n) is 2.56. The van der Waals surface area contributed by atoms with Gasteiger partial charge in [0.1, 0.15) is 6.54 Å². The van der Waals surface area contributed by atoms with Crippen LogP contribution in [0.15, 0.2) is 23.6 Å². The Hall–Kier alpha value is -2.16. The van der Waals surface area contributed by atoms with Crippen LogP contribution in [0.4, 0.5) is 5.13 Å². The molecule has 0 saturated heterocycles. The Kier molecular flexibility index (Phi) is 9.08. The first-order valence-electron chi connectivity index (χ1n) is 9.48. The van der Waals surface area contributed by atoms with Crippen LogP contribution in [0.25, 0.3) is 0 Å². The summed E-state index contributed by atoms with van der Waals surface area (Å²) in [4.78, 5) is 42.8. The van der Waals surface area contributed by atoms with Gasteiger partial charge in [-0.2, -0.15) is 0 Å². The average molecular weight is 471 g/mol. The molecule has 0 saturated carbocycles. The maximum absolute atomic E-state index is 12.9. The highest BCUT2D eigenvalue weighted by atomic mass is 35.5. The van der Waals surface area contributed by atoms with E-state index >= 15 is 0 Å². The molecule has 0 aliphatic carbocycles. The number of nitrogens with one attached hydrogen (secondary N) is 2. The van der Waals surface area contributed by atoms with Gasteiger partial charge in [-0.15, -0.1) is 11.3 Å². The smallest absolute Gasteiger partial charge is 0.256 e. The molecule has 0 unspecified atom stereocenters. The second-order valence-corrected chi connectivity index (χ2v) is 8.57. The van der Waals surface area contributed by atoms with E-state index in [-0.39, 0.29) is 41.4 Å². The first kappa shape index (κ1) is 24.1. The minimum Gasteiger partial charge on any atom is -0.356 e. The highest BCUT2D eigenvalue weighted by Gasteiger charge is 2.24. The highest BCUT2D eigenvalue weighted by molar-refractivity contribution is 7.13. The summed E-state index contributed by atoms with van der Waals surface area (Å²) in [6.07, 6.45) is 1.01. The van der Waals surface area contributed by atoms with Crippen LogP contribution in [0.5, 0.6) is 0 Å². The number of benzene rings is 1. The second kappa shape index (κ2) is 11.3. The molecule has 1 aromatic carbocycles. The maximum Gasteiger partial charge on any atom is 0.256 e. The Morgan fingerprint density at radius 3 is 2.57 bits per heavy atom. The predicted molar refractivity (Wildman–Crippen MR) is 120 cm³/mol. The predicted octanol–water partition coefficient (Wildman–Crippen LogP) is 4.01. The SMILES string of the molecule is CCCNC(=O)Cc1csc(NC(=O)CN(C(=O)c2ccc(Cl)cc2Cl)C(C)C)n1. The zero-order valence-electron chi connectivity index (χ0n) is 17.0. The third-order valence-corrected chi connectivity index (χ3v) is 5.43. The summed E-state index contributed by atoms with van der Waals surface area (Å²) in [5.41, 5.74) is 0.853. The van der Waals surface area contributed by atoms with Gasteiger partial charge in [0.2, 0.25) is 11.8 Å². The molecule has 0 fully saturated rings. The van der Waals surface area contributed by atoms with Crippen LogP contribution in [-0.2, 0) is 16.0 Å². The van der Waals surface area contributed by atoms with Crippen molar-refractivity contribution in [2.75, 3.05) is 18.4 Å². The number of carbonyl (C=O) groups excluding carboxylic acids is 3. The van der Waals surface area contributed by atoms with Crippen LogP contribution in [0.2, 0.25) is 10.0 Å². The molecule has 10 heteroatoms. The maximum atomic E-state index is 12.9. The van der Waals surface area contributed by atoms with Crippen molar-refractivity contribution in [2.45, 2.75) is 39.7 Å². The molecular weight excluding hydrogens is 447 g/mol. The summed E-state index contributed by atoms with van der Waals surface area (Å²) in [7, 11) is 0. The molecule has 0 bridgehead atoms. The molecule has 7 nitrogen and oxygen atoms in total. The minimum atomic E-state index is -0.390. The van der Waals surface area contributed by atoms with Gasteiger partial charge in [-0.1, -0.05) is 30.1 Å². The molecule has 0 spiro atoms. The van der Waals surface area contributed by atoms with Crippen molar-refractivity contribution in [3.8, 4) is 0 Å². The zero-order chi connectivity index (χ0) is 22.3. The molecule has 1 heterocycles. The van der Waals surface area contributed by atoms with Crippen LogP contribution >= 0.6 is 34.5 Å². The second-order valence-electron chi connectivity index (χ2n) is 6.87. The van der Waals surface area contributed by atoms with E-state index in [1.807, 2.05) is 20.8 Å². The molecule has 0 atom stereocenters. The van der Waals surface area contributed by atoms with Gasteiger partial charge in [0.25, 0.3) is 5.91 Å². The van der Waals surface area contributed by atoms with E-state index in [1.165, 1.54) is 28.4 Å². The first-order valence-corrected chi connectivity index (χ1v) is 11.1. The zero-order valence-corrected chi connectivity index (χ0v) is 19.3. The lowest BCUT2D eigenvalue weighted by Gasteiger charge is -2.26. The van der Waals surface area contributed by atoms with E-state index in [9.17, 15) is 14.4 Å². The number of aromatic nitrogens is 1. The summed E-state index contributed by atoms with van der Waals surface area (Å²) in [5, 5.41) is 8.21. The van der Waals surface area contributed by atoms with Gasteiger partial charge in [0.05, 0.1) is 22.7 Å². The molecule has 2 rings (SSSR count). The number of amides is 3. The summed E-state index contributed by atoms with van der Waals surface area (Å²) in [6, 6.07) is 4.37. The van der Waals surface area contributed by atoms with Gasteiger partial charge in [-0.25, -0.2) is 4.98 Å². The van der Waals surface area contributed by atoms with E-state index < -0.39 is 5.91 Å². The molecule has 2 N–H and O–H groups in total. The quantitative estimate of drug-likeness (QED) is 0.578. The Labute approximate surface area is 189 Å². The number of thiazole rings is 1. The van der Waals surface area contributed by atoms with Crippen molar-refractivity contribution in [1.29, 1.82) is 0 Å². The van der Waals surface area contributed by atoms with Crippen molar-refractivity contribution in [3.63, 3.8) is 0 Å². The van der Waals surface area contributed by atoms with Gasteiger partial charge in [0, 0.05) is 23.0 Å². The van der Waals surface area contributed by atoms with Crippen molar-refractivity contribution in [2.24, 2.45) is 0 Å². The van der Waals surface area contributed by atoms with Crippen molar-refractivity contribution < 1.29 is 14.4 Å². The number of hydrogen-bond acceptors (Lipinski definition) is 5. The van der Waals surface area contributed by atoms with Gasteiger partial charge < -0.3 is 15.5 Å². The first-order chi connectivity index (χ1) is 14.2. The Balaban J connectivity index is 2.00. The van der Waals surface area contributed by atoms with E-state index in [2.05, 4.69) is 15.6 Å². The largest absolute Gasteiger partial charge is 0.356 e. The number of anilines is 1. The van der Waals surface area contributed by atoms with Gasteiger partial charge in [-0.3, -0.25) is 14.4 Å². The lowest BCUT2D eigenvalue weighted by molar-refractivity contribution is -0.120. The van der Waals surface area contributed by atoms with Gasteiger partial charge in [0.15, 0.2) is 5.13 Å². The summed E-state index contributed by atoms with van der Waals surface area (Å²) in [6.45, 7) is 6.05. The van der Waals surface area contributed by atoms with E-state index in [0.717, 1.165) is 6.42 Å². The van der Waals surface area contributed by atoms with E-state index in [1.54, 1.807) is 11.4 Å². The monoisotopic (exact) mass is 470 g/mol. The third kappa shape index (κ3) is 6.97. The normalized spacial score (nSPS) is 10.7. The van der Waals surface area contributed by atoms with Crippen LogP contribution in [0, 0.1) is 0 Å². The fourth-order valence-corrected chi connectivity index (χ4v) is 3.77. The number of nitrogens with zero attached hydrogens (tertiary/aromatic N) is 2. The van der Waals surface area contributed by atoms with E-state index in [4.69, 9.17) is 23.2 Å². The topological polar surface area (TPSA) is 91.4 Å². The summed E-state index contributed by atoms with van der Waals surface area (Å²) >= 11 is 13.3. The summed E-state index contributed by atoms with van der Waals surface area (Å²) < 4.78 is 0. The lowest BCUT2D eigenvalue weighted by atomic mass is 10.1. The van der Waals surface area contributed by atoms with Crippen LogP contribution in [0.3, 0.4) is 0 Å². The van der Waals surface area contributed by atoms with Crippen molar-refractivity contribution in [1.82, 2.24) is 15.2 Å². The summed E-state index contributed by atoms with van der Waals surface area (Å²) in [5.74, 6) is -0.871. The molecule has 3 amide bonds. The molecule has 2 aromatic rings. The molecular formula is C20H24Cl2N4O3S. The van der Waals surface area contributed by atoms with Crippen molar-refractivity contribution >= 4 is 57.4 Å². The Bertz CT molecular complexity index is 917. The molecule has 30 heavy (non-hydrogen) atoms. The van der Waals surface area contributed by atoms with Gasteiger partial charge in [-0.05, 0) is 38.5 Å². The molecule has 162 valence electrons. The van der Waals surface area contributed by atoms with E-state index in [0.29, 0.717) is 22.4 Å². The highest BCUT2D eigenvalue weighted by Crippen LogP contribution is 2.23. The van der Waals surface area contributed by atoms with Crippen LogP contribution in [0.1, 0.15) is 43.2 Å². The Morgan fingerprint density at radius 2 is 1.93 bits per heavy atom. The van der Waals surface area contributed by atoms with Crippen LogP contribution in [-0.4, -0.2) is 46.7 Å². The number of hydrogen-bond donors (Lipinski definition) is 2. The molecule has 1 aromatic heterocycles. The lowest BCUT2D eigenvalue weighted by Crippen LogP contribution is -2.42. The number of halogens is 2. The standard InChI is InChI=1S/C20H24Cl2N4O3S/c1-4-7-23-17(27)9-14-11-30-20(24-14)25-18(28)10-26(12(2)3)19(29)15-6-5-13(21)8-16(15)22/h5-6,8,11-12H,4,7,9-10H2,1-3H3,(H,23,27)(H,24,25,28). The van der Waals surface area contributed by atoms with Crippen molar-refractivity contribution in [3.05, 3.63) is 44.9 Å². The number of carbonyl (C=O) groups is 3. The van der Waals surface area contributed by atoms with Crippen LogP contribution < -0.4 is 10.6 Å². The third-order valence-electron chi connectivity index (χ3n) is 4.07. The molecule has 0 aliphatic rings. The average Bonchev–Trinajstić information content (AvgIpc) is 3.10. The number of rotatable bonds is 9. The van der Waals surface area contributed by atoms with Gasteiger partial charge >= 0.3 is 0 Å². The fraction of sp³-hybridized carbons (Fsp3) is 0.400. The Morgan fingerprint density at radius 1 is 1.20 bits per heavy atom. The minimum absolute atomic E-state index is 0.114. The molecule has 0 aliphatic heterocycles.